The number of halogens is 1. The topological polar surface area (TPSA) is 100 Å². The van der Waals surface area contributed by atoms with Crippen LogP contribution in [0.1, 0.15) is 15.9 Å². The monoisotopic (exact) mass is 509 g/mol. The van der Waals surface area contributed by atoms with Crippen molar-refractivity contribution in [2.45, 2.75) is 6.54 Å². The average Bonchev–Trinajstić information content (AvgIpc) is 3.30. The number of hydrogen-bond donors (Lipinski definition) is 2. The van der Waals surface area contributed by atoms with Crippen molar-refractivity contribution in [2.75, 3.05) is 31.5 Å². The number of nitrogens with one attached hydrogen (secondary N) is 2. The number of carbonyl (C=O) groups is 1. The Morgan fingerprint density at radius 1 is 1.06 bits per heavy atom. The first kappa shape index (κ1) is 24.7. The van der Waals surface area contributed by atoms with Gasteiger partial charge in [0, 0.05) is 56.0 Å². The molecule has 10 heteroatoms. The molecule has 0 spiro atoms. The lowest BCUT2D eigenvalue weighted by molar-refractivity contribution is -0.384. The molecule has 4 aromatic rings. The molecule has 35 heavy (non-hydrogen) atoms. The summed E-state index contributed by atoms with van der Waals surface area (Å²) in [7, 11) is 0. The van der Waals surface area contributed by atoms with E-state index in [-0.39, 0.29) is 24.0 Å². The molecule has 0 saturated carbocycles. The van der Waals surface area contributed by atoms with Crippen LogP contribution in [-0.4, -0.2) is 46.9 Å². The highest BCUT2D eigenvalue weighted by Gasteiger charge is 2.17. The summed E-state index contributed by atoms with van der Waals surface area (Å²) in [6.07, 6.45) is 0. The lowest BCUT2D eigenvalue weighted by Gasteiger charge is -2.27. The summed E-state index contributed by atoms with van der Waals surface area (Å²) in [4.78, 5) is 30.6. The van der Waals surface area contributed by atoms with E-state index in [4.69, 9.17) is 4.98 Å². The fraction of sp³-hybridized carbons (Fsp3) is 0.200. The zero-order valence-corrected chi connectivity index (χ0v) is 20.4. The third-order valence-electron chi connectivity index (χ3n) is 5.85. The number of fused-ring (bicyclic) bond motifs is 1. The number of thiazole rings is 1. The standard InChI is InChI=1S/C25H23N5O3S.ClH/c31-24(17-8-10-19(11-9-17)30(32)33)27-21-6-2-1-5-20(21)25-28-23-18(4-3-7-22(23)34-25)16-29-14-12-26-13-15-29;/h1-11,26H,12-16H2,(H,27,31);1H. The minimum absolute atomic E-state index is 0. The van der Waals surface area contributed by atoms with E-state index in [0.717, 1.165) is 53.5 Å². The van der Waals surface area contributed by atoms with Gasteiger partial charge in [0.25, 0.3) is 11.6 Å². The lowest BCUT2D eigenvalue weighted by atomic mass is 10.1. The highest BCUT2D eigenvalue weighted by molar-refractivity contribution is 7.21. The van der Waals surface area contributed by atoms with E-state index < -0.39 is 4.92 Å². The zero-order chi connectivity index (χ0) is 23.5. The molecule has 0 atom stereocenters. The summed E-state index contributed by atoms with van der Waals surface area (Å²) in [5, 5.41) is 18.0. The molecule has 1 fully saturated rings. The largest absolute Gasteiger partial charge is 0.321 e. The average molecular weight is 510 g/mol. The summed E-state index contributed by atoms with van der Waals surface area (Å²) in [6.45, 7) is 4.90. The van der Waals surface area contributed by atoms with Gasteiger partial charge in [-0.2, -0.15) is 0 Å². The smallest absolute Gasteiger partial charge is 0.269 e. The second kappa shape index (κ2) is 10.9. The Morgan fingerprint density at radius 2 is 1.80 bits per heavy atom. The number of piperazine rings is 1. The van der Waals surface area contributed by atoms with Crippen molar-refractivity contribution < 1.29 is 9.72 Å². The molecule has 8 nitrogen and oxygen atoms in total. The molecular formula is C25H24ClN5O3S. The number of benzene rings is 3. The number of nitro groups is 1. The second-order valence-corrected chi connectivity index (χ2v) is 9.14. The van der Waals surface area contributed by atoms with E-state index in [1.807, 2.05) is 24.3 Å². The van der Waals surface area contributed by atoms with Crippen molar-refractivity contribution >= 4 is 51.2 Å². The fourth-order valence-corrected chi connectivity index (χ4v) is 5.12. The first-order valence-corrected chi connectivity index (χ1v) is 11.9. The number of amides is 1. The molecule has 0 radical (unpaired) electrons. The Balaban J connectivity index is 0.00000289. The Morgan fingerprint density at radius 3 is 2.54 bits per heavy atom. The van der Waals surface area contributed by atoms with Crippen LogP contribution in [0.25, 0.3) is 20.8 Å². The molecule has 180 valence electrons. The number of carbonyl (C=O) groups excluding carboxylic acids is 1. The predicted molar refractivity (Wildman–Crippen MR) is 142 cm³/mol. The molecule has 2 N–H and O–H groups in total. The Kier molecular flexibility index (Phi) is 7.72. The third kappa shape index (κ3) is 5.49. The van der Waals surface area contributed by atoms with Gasteiger partial charge >= 0.3 is 0 Å². The molecule has 0 bridgehead atoms. The van der Waals surface area contributed by atoms with E-state index in [9.17, 15) is 14.9 Å². The number of nitro benzene ring substituents is 1. The summed E-state index contributed by atoms with van der Waals surface area (Å²) < 4.78 is 1.11. The van der Waals surface area contributed by atoms with Crippen molar-refractivity contribution in [1.82, 2.24) is 15.2 Å². The molecule has 3 aromatic carbocycles. The van der Waals surface area contributed by atoms with Crippen LogP contribution in [0.4, 0.5) is 11.4 Å². The molecule has 1 aliphatic heterocycles. The van der Waals surface area contributed by atoms with Gasteiger partial charge in [-0.15, -0.1) is 23.7 Å². The molecule has 1 aromatic heterocycles. The number of hydrogen-bond acceptors (Lipinski definition) is 7. The van der Waals surface area contributed by atoms with Crippen molar-refractivity contribution in [1.29, 1.82) is 0 Å². The van der Waals surface area contributed by atoms with E-state index >= 15 is 0 Å². The predicted octanol–water partition coefficient (Wildman–Crippen LogP) is 4.95. The highest BCUT2D eigenvalue weighted by atomic mass is 35.5. The van der Waals surface area contributed by atoms with Gasteiger partial charge in [0.1, 0.15) is 5.01 Å². The molecule has 0 aliphatic carbocycles. The van der Waals surface area contributed by atoms with Crippen molar-refractivity contribution in [3.8, 4) is 10.6 Å². The SMILES string of the molecule is Cl.O=C(Nc1ccccc1-c1nc2c(CN3CCNCC3)cccc2s1)c1ccc([N+](=O)[O-])cc1. The molecule has 2 heterocycles. The van der Waals surface area contributed by atoms with E-state index in [1.54, 1.807) is 11.3 Å². The first-order chi connectivity index (χ1) is 16.6. The van der Waals surface area contributed by atoms with Gasteiger partial charge in [-0.25, -0.2) is 4.98 Å². The van der Waals surface area contributed by atoms with Gasteiger partial charge in [0.15, 0.2) is 0 Å². The molecule has 5 rings (SSSR count). The number of rotatable bonds is 6. The summed E-state index contributed by atoms with van der Waals surface area (Å²) >= 11 is 1.60. The van der Waals surface area contributed by atoms with E-state index in [2.05, 4.69) is 33.7 Å². The minimum Gasteiger partial charge on any atom is -0.321 e. The molecule has 1 aliphatic rings. The van der Waals surface area contributed by atoms with Gasteiger partial charge in [0.2, 0.25) is 0 Å². The number of nitrogens with zero attached hydrogens (tertiary/aromatic N) is 3. The van der Waals surface area contributed by atoms with Gasteiger partial charge in [0.05, 0.1) is 20.8 Å². The quantitative estimate of drug-likeness (QED) is 0.282. The summed E-state index contributed by atoms with van der Waals surface area (Å²) in [5.74, 6) is -0.331. The van der Waals surface area contributed by atoms with Crippen LogP contribution >= 0.6 is 23.7 Å². The van der Waals surface area contributed by atoms with Gasteiger partial charge in [-0.05, 0) is 35.9 Å². The lowest BCUT2D eigenvalue weighted by Crippen LogP contribution is -2.42. The van der Waals surface area contributed by atoms with Crippen molar-refractivity contribution in [2.24, 2.45) is 0 Å². The number of anilines is 1. The van der Waals surface area contributed by atoms with Gasteiger partial charge in [-0.1, -0.05) is 24.3 Å². The highest BCUT2D eigenvalue weighted by Crippen LogP contribution is 2.36. The first-order valence-electron chi connectivity index (χ1n) is 11.1. The number of non-ortho nitro benzene ring substituents is 1. The normalized spacial score (nSPS) is 13.8. The van der Waals surface area contributed by atoms with Crippen LogP contribution in [-0.2, 0) is 6.54 Å². The molecular weight excluding hydrogens is 486 g/mol. The maximum absolute atomic E-state index is 12.8. The zero-order valence-electron chi connectivity index (χ0n) is 18.8. The van der Waals surface area contributed by atoms with Crippen LogP contribution < -0.4 is 10.6 Å². The Hall–Kier alpha value is -3.37. The Bertz CT molecular complexity index is 1350. The van der Waals surface area contributed by atoms with E-state index in [0.29, 0.717) is 11.3 Å². The van der Waals surface area contributed by atoms with Crippen LogP contribution in [0.15, 0.2) is 66.7 Å². The summed E-state index contributed by atoms with van der Waals surface area (Å²) in [6, 6.07) is 19.4. The van der Waals surface area contributed by atoms with Gasteiger partial charge in [-0.3, -0.25) is 19.8 Å². The molecule has 0 unspecified atom stereocenters. The maximum atomic E-state index is 12.8. The van der Waals surface area contributed by atoms with Gasteiger partial charge < -0.3 is 10.6 Å². The summed E-state index contributed by atoms with van der Waals surface area (Å²) in [5.41, 5.74) is 3.98. The van der Waals surface area contributed by atoms with Crippen LogP contribution in [0.5, 0.6) is 0 Å². The van der Waals surface area contributed by atoms with Crippen molar-refractivity contribution in [3.63, 3.8) is 0 Å². The van der Waals surface area contributed by atoms with E-state index in [1.165, 1.54) is 29.8 Å². The number of para-hydroxylation sites is 2. The number of aromatic nitrogens is 1. The van der Waals surface area contributed by atoms with Crippen molar-refractivity contribution in [3.05, 3.63) is 88.0 Å². The fourth-order valence-electron chi connectivity index (χ4n) is 4.07. The molecule has 1 saturated heterocycles. The second-order valence-electron chi connectivity index (χ2n) is 8.11. The Labute approximate surface area is 212 Å². The maximum Gasteiger partial charge on any atom is 0.269 e. The van der Waals surface area contributed by atoms with Crippen LogP contribution in [0.2, 0.25) is 0 Å². The minimum atomic E-state index is -0.486. The van der Waals surface area contributed by atoms with Crippen LogP contribution in [0, 0.1) is 10.1 Å². The van der Waals surface area contributed by atoms with Crippen LogP contribution in [0.3, 0.4) is 0 Å². The third-order valence-corrected chi connectivity index (χ3v) is 6.91. The molecule has 1 amide bonds.